The van der Waals surface area contributed by atoms with E-state index in [1.807, 2.05) is 182 Å². The Kier molecular flexibility index (Phi) is 9.83. The Bertz CT molecular complexity index is 2950. The van der Waals surface area contributed by atoms with Crippen molar-refractivity contribution in [3.63, 3.8) is 0 Å². The maximum absolute atomic E-state index is 11.2. The van der Waals surface area contributed by atoms with Crippen molar-refractivity contribution < 1.29 is 0 Å². The van der Waals surface area contributed by atoms with Gasteiger partial charge in [-0.2, -0.15) is 15.8 Å². The Morgan fingerprint density at radius 2 is 0.587 bits per heavy atom. The Balaban J connectivity index is 1.25. The molecule has 3 N–H and O–H groups in total. The van der Waals surface area contributed by atoms with Gasteiger partial charge in [0.25, 0.3) is 0 Å². The Hall–Kier alpha value is -9.36. The maximum atomic E-state index is 11.2. The molecular formula is C54H33N9. The van der Waals surface area contributed by atoms with Crippen LogP contribution < -0.4 is 16.0 Å². The molecule has 0 saturated heterocycles. The summed E-state index contributed by atoms with van der Waals surface area (Å²) >= 11 is 0. The summed E-state index contributed by atoms with van der Waals surface area (Å²) in [5, 5.41) is 44.2. The van der Waals surface area contributed by atoms with E-state index in [0.29, 0.717) is 50.9 Å². The van der Waals surface area contributed by atoms with Gasteiger partial charge in [0.2, 0.25) is 0 Å². The van der Waals surface area contributed by atoms with Crippen LogP contribution in [-0.2, 0) is 0 Å². The summed E-state index contributed by atoms with van der Waals surface area (Å²) in [6.07, 6.45) is 0. The number of aliphatic imine (C=N–C) groups is 3. The van der Waals surface area contributed by atoms with Gasteiger partial charge in [-0.1, -0.05) is 109 Å². The Morgan fingerprint density at radius 3 is 0.857 bits per heavy atom. The van der Waals surface area contributed by atoms with E-state index in [9.17, 15) is 15.8 Å². The summed E-state index contributed by atoms with van der Waals surface area (Å²) in [7, 11) is 0. The van der Waals surface area contributed by atoms with Crippen LogP contribution >= 0.6 is 0 Å². The van der Waals surface area contributed by atoms with E-state index in [0.717, 1.165) is 50.8 Å². The van der Waals surface area contributed by atoms with E-state index >= 15 is 0 Å². The number of rotatable bonds is 6. The fourth-order valence-electron chi connectivity index (χ4n) is 8.02. The van der Waals surface area contributed by atoms with E-state index in [-0.39, 0.29) is 16.7 Å². The van der Waals surface area contributed by atoms with Crippen molar-refractivity contribution in [3.05, 3.63) is 232 Å². The van der Waals surface area contributed by atoms with Crippen LogP contribution in [0.4, 0.5) is 34.1 Å². The lowest BCUT2D eigenvalue weighted by Crippen LogP contribution is -2.09. The minimum atomic E-state index is 0.273. The van der Waals surface area contributed by atoms with Crippen molar-refractivity contribution in [2.45, 2.75) is 0 Å². The third-order valence-corrected chi connectivity index (χ3v) is 10.9. The fraction of sp³-hybridized carbons (Fsp3) is 0. The van der Waals surface area contributed by atoms with E-state index in [2.05, 4.69) is 34.2 Å². The minimum Gasteiger partial charge on any atom is -0.352 e. The zero-order chi connectivity index (χ0) is 42.7. The molecule has 0 atom stereocenters. The predicted molar refractivity (Wildman–Crippen MR) is 252 cm³/mol. The predicted octanol–water partition coefficient (Wildman–Crippen LogP) is 12.1. The Morgan fingerprint density at radius 1 is 0.333 bits per heavy atom. The second kappa shape index (κ2) is 16.4. The lowest BCUT2D eigenvalue weighted by molar-refractivity contribution is 1.43. The largest absolute Gasteiger partial charge is 0.352 e. The van der Waals surface area contributed by atoms with Gasteiger partial charge < -0.3 is 16.0 Å². The smallest absolute Gasteiger partial charge is 0.102 e. The SMILES string of the molecule is N#C/C(=C1/Nc2ccccc2C1=Nc1ccccc1)c1cc(/C(C#N)=C2\Nc3ccccc3C2=Nc2ccccc2)cc(/C(C#N)=C2\Nc3ccccc3C2=Nc2ccccc2)c1. The summed E-state index contributed by atoms with van der Waals surface area (Å²) in [5.41, 5.74) is 12.6. The molecule has 7 aromatic carbocycles. The summed E-state index contributed by atoms with van der Waals surface area (Å²) < 4.78 is 0. The van der Waals surface area contributed by atoms with Gasteiger partial charge in [-0.05, 0) is 89.5 Å². The zero-order valence-corrected chi connectivity index (χ0v) is 33.5. The Labute approximate surface area is 364 Å². The number of fused-ring (bicyclic) bond motifs is 3. The highest BCUT2D eigenvalue weighted by atomic mass is 15.0. The van der Waals surface area contributed by atoms with Gasteiger partial charge in [0.1, 0.15) is 18.2 Å². The lowest BCUT2D eigenvalue weighted by atomic mass is 9.90. The van der Waals surface area contributed by atoms with Gasteiger partial charge in [0, 0.05) is 33.8 Å². The van der Waals surface area contributed by atoms with E-state index in [1.165, 1.54) is 0 Å². The van der Waals surface area contributed by atoms with E-state index in [4.69, 9.17) is 15.0 Å². The summed E-state index contributed by atoms with van der Waals surface area (Å²) in [5.74, 6) is 0. The average Bonchev–Trinajstić information content (AvgIpc) is 4.00. The first-order valence-corrected chi connectivity index (χ1v) is 20.2. The molecule has 7 aromatic rings. The van der Waals surface area contributed by atoms with Crippen LogP contribution in [0.5, 0.6) is 0 Å². The first-order chi connectivity index (χ1) is 31.1. The van der Waals surface area contributed by atoms with Crippen LogP contribution in [0, 0.1) is 34.0 Å². The van der Waals surface area contributed by atoms with Crippen molar-refractivity contribution >= 4 is 68.0 Å². The number of hydrogen-bond acceptors (Lipinski definition) is 9. The molecule has 3 aliphatic rings. The second-order valence-electron chi connectivity index (χ2n) is 14.8. The van der Waals surface area contributed by atoms with Crippen LogP contribution in [0.2, 0.25) is 0 Å². The van der Waals surface area contributed by atoms with Gasteiger partial charge in [0.15, 0.2) is 0 Å². The normalized spacial score (nSPS) is 17.6. The molecule has 294 valence electrons. The number of benzene rings is 7. The zero-order valence-electron chi connectivity index (χ0n) is 33.5. The second-order valence-corrected chi connectivity index (χ2v) is 14.8. The van der Waals surface area contributed by atoms with Crippen LogP contribution in [-0.4, -0.2) is 17.1 Å². The number of nitrogens with one attached hydrogen (secondary N) is 3. The molecule has 0 amide bonds. The number of para-hydroxylation sites is 6. The molecule has 0 unspecified atom stereocenters. The minimum absolute atomic E-state index is 0.273. The molecule has 0 radical (unpaired) electrons. The molecule has 0 fully saturated rings. The van der Waals surface area contributed by atoms with Crippen LogP contribution in [0.3, 0.4) is 0 Å². The monoisotopic (exact) mass is 807 g/mol. The topological polar surface area (TPSA) is 145 Å². The van der Waals surface area contributed by atoms with Gasteiger partial charge in [-0.25, -0.2) is 15.0 Å². The summed E-state index contributed by atoms with van der Waals surface area (Å²) in [6, 6.07) is 65.1. The first-order valence-electron chi connectivity index (χ1n) is 20.2. The van der Waals surface area contributed by atoms with Crippen molar-refractivity contribution in [1.29, 1.82) is 15.8 Å². The van der Waals surface area contributed by atoms with Crippen molar-refractivity contribution in [2.75, 3.05) is 16.0 Å². The molecule has 0 saturated carbocycles. The van der Waals surface area contributed by atoms with Crippen LogP contribution in [0.15, 0.2) is 214 Å². The molecular weight excluding hydrogens is 775 g/mol. The molecule has 3 heterocycles. The molecule has 9 heteroatoms. The van der Waals surface area contributed by atoms with Crippen LogP contribution in [0.25, 0.3) is 16.7 Å². The molecule has 0 spiro atoms. The number of nitriles is 3. The van der Waals surface area contributed by atoms with E-state index in [1.54, 1.807) is 0 Å². The molecule has 0 bridgehead atoms. The molecule has 63 heavy (non-hydrogen) atoms. The molecule has 9 nitrogen and oxygen atoms in total. The highest BCUT2D eigenvalue weighted by molar-refractivity contribution is 6.29. The highest BCUT2D eigenvalue weighted by Crippen LogP contribution is 2.40. The van der Waals surface area contributed by atoms with Gasteiger partial charge in [-0.3, -0.25) is 0 Å². The van der Waals surface area contributed by atoms with Gasteiger partial charge in [0.05, 0.1) is 68.0 Å². The number of nitrogens with zero attached hydrogens (tertiary/aromatic N) is 6. The first kappa shape index (κ1) is 37.9. The molecule has 0 aromatic heterocycles. The van der Waals surface area contributed by atoms with Crippen molar-refractivity contribution in [2.24, 2.45) is 15.0 Å². The highest BCUT2D eigenvalue weighted by Gasteiger charge is 2.31. The maximum Gasteiger partial charge on any atom is 0.102 e. The summed E-state index contributed by atoms with van der Waals surface area (Å²) in [4.78, 5) is 15.2. The quantitative estimate of drug-likeness (QED) is 0.143. The van der Waals surface area contributed by atoms with E-state index < -0.39 is 0 Å². The summed E-state index contributed by atoms with van der Waals surface area (Å²) in [6.45, 7) is 0. The van der Waals surface area contributed by atoms with Gasteiger partial charge in [-0.15, -0.1) is 0 Å². The lowest BCUT2D eigenvalue weighted by Gasteiger charge is -2.14. The molecule has 3 aliphatic heterocycles. The van der Waals surface area contributed by atoms with Crippen LogP contribution in [0.1, 0.15) is 33.4 Å². The number of anilines is 3. The average molecular weight is 808 g/mol. The fourth-order valence-corrected chi connectivity index (χ4v) is 8.02. The van der Waals surface area contributed by atoms with Crippen molar-refractivity contribution in [3.8, 4) is 18.2 Å². The number of allylic oxidation sites excluding steroid dienone is 6. The molecule has 0 aliphatic carbocycles. The number of hydrogen-bond donors (Lipinski definition) is 3. The van der Waals surface area contributed by atoms with Crippen molar-refractivity contribution in [1.82, 2.24) is 0 Å². The standard InChI is InChI=1S/C54H33N9/c55-31-43(52-49(58-37-16-4-1-5-17-37)40-22-10-13-25-46(40)61-52)34-28-35(44(32-56)53-50(59-38-18-6-2-7-19-38)41-23-11-14-26-47(41)62-53)30-36(29-34)45(33-57)54-51(60-39-20-8-3-9-21-39)42-24-12-15-27-48(42)63-54/h1-30,61-63H/b52-43-,53-44-,54-45-,58-49?,59-50?,60-51?. The third kappa shape index (κ3) is 7.13. The van der Waals surface area contributed by atoms with Gasteiger partial charge >= 0.3 is 0 Å². The third-order valence-electron chi connectivity index (χ3n) is 10.9. The molecule has 10 rings (SSSR count).